The first-order valence-corrected chi connectivity index (χ1v) is 8.34. The van der Waals surface area contributed by atoms with Crippen LogP contribution in [0.4, 0.5) is 0 Å². The van der Waals surface area contributed by atoms with Crippen LogP contribution in [0.25, 0.3) is 0 Å². The third-order valence-corrected chi connectivity index (χ3v) is 5.28. The number of carbonyl (C=O) groups excluding carboxylic acids is 2. The van der Waals surface area contributed by atoms with Gasteiger partial charge in [0.15, 0.2) is 0 Å². The standard InChI is InChI=1S/C16H26N2O3/c1-3-13-14(19)17-16(8-4-5-9-16)15(20)18(13)10-12-7-6-11(2)21-12/h11-13H,3-10H2,1-2H3,(H,17,19). The SMILES string of the molecule is CCC1C(=O)NC2(CCCC2)C(=O)N1CC1CCC(C)O1. The van der Waals surface area contributed by atoms with E-state index in [4.69, 9.17) is 4.74 Å². The van der Waals surface area contributed by atoms with Gasteiger partial charge in [0.2, 0.25) is 11.8 Å². The van der Waals surface area contributed by atoms with Gasteiger partial charge in [-0.25, -0.2) is 0 Å². The van der Waals surface area contributed by atoms with Crippen LogP contribution in [-0.4, -0.2) is 47.0 Å². The lowest BCUT2D eigenvalue weighted by molar-refractivity contribution is -0.157. The van der Waals surface area contributed by atoms with Crippen molar-refractivity contribution in [1.29, 1.82) is 0 Å². The summed E-state index contributed by atoms with van der Waals surface area (Å²) in [6.45, 7) is 4.60. The molecule has 3 fully saturated rings. The van der Waals surface area contributed by atoms with Gasteiger partial charge in [-0.3, -0.25) is 9.59 Å². The van der Waals surface area contributed by atoms with Crippen molar-refractivity contribution < 1.29 is 14.3 Å². The Morgan fingerprint density at radius 1 is 1.29 bits per heavy atom. The summed E-state index contributed by atoms with van der Waals surface area (Å²) in [7, 11) is 0. The molecular formula is C16H26N2O3. The Morgan fingerprint density at radius 3 is 2.57 bits per heavy atom. The zero-order chi connectivity index (χ0) is 15.0. The molecule has 3 atom stereocenters. The van der Waals surface area contributed by atoms with E-state index in [9.17, 15) is 9.59 Å². The maximum Gasteiger partial charge on any atom is 0.249 e. The summed E-state index contributed by atoms with van der Waals surface area (Å²) in [5.41, 5.74) is -0.618. The maximum absolute atomic E-state index is 13.0. The van der Waals surface area contributed by atoms with Crippen LogP contribution in [-0.2, 0) is 14.3 Å². The molecule has 3 unspecified atom stereocenters. The van der Waals surface area contributed by atoms with Gasteiger partial charge in [-0.1, -0.05) is 19.8 Å². The lowest BCUT2D eigenvalue weighted by atomic mass is 9.89. The second-order valence-corrected chi connectivity index (χ2v) is 6.81. The van der Waals surface area contributed by atoms with E-state index in [0.29, 0.717) is 13.0 Å². The van der Waals surface area contributed by atoms with Crippen LogP contribution in [0.1, 0.15) is 58.8 Å². The molecule has 2 heterocycles. The molecule has 1 saturated carbocycles. The normalized spacial score (nSPS) is 35.5. The predicted octanol–water partition coefficient (Wildman–Crippen LogP) is 1.60. The van der Waals surface area contributed by atoms with Crippen LogP contribution in [0.3, 0.4) is 0 Å². The largest absolute Gasteiger partial charge is 0.373 e. The van der Waals surface area contributed by atoms with Gasteiger partial charge in [0.1, 0.15) is 11.6 Å². The summed E-state index contributed by atoms with van der Waals surface area (Å²) in [6, 6.07) is -0.330. The zero-order valence-electron chi connectivity index (χ0n) is 13.1. The minimum atomic E-state index is -0.618. The molecule has 2 amide bonds. The second-order valence-electron chi connectivity index (χ2n) is 6.81. The van der Waals surface area contributed by atoms with Gasteiger partial charge in [0.25, 0.3) is 0 Å². The number of hydrogen-bond donors (Lipinski definition) is 1. The van der Waals surface area contributed by atoms with E-state index in [1.165, 1.54) is 0 Å². The Labute approximate surface area is 126 Å². The van der Waals surface area contributed by atoms with Crippen molar-refractivity contribution in [1.82, 2.24) is 10.2 Å². The van der Waals surface area contributed by atoms with Crippen molar-refractivity contribution in [3.8, 4) is 0 Å². The molecule has 0 bridgehead atoms. The highest BCUT2D eigenvalue weighted by Crippen LogP contribution is 2.35. The van der Waals surface area contributed by atoms with Crippen molar-refractivity contribution >= 4 is 11.8 Å². The molecule has 21 heavy (non-hydrogen) atoms. The van der Waals surface area contributed by atoms with E-state index < -0.39 is 5.54 Å². The molecule has 118 valence electrons. The van der Waals surface area contributed by atoms with Crippen LogP contribution in [0.5, 0.6) is 0 Å². The van der Waals surface area contributed by atoms with Crippen molar-refractivity contribution in [2.24, 2.45) is 0 Å². The summed E-state index contributed by atoms with van der Waals surface area (Å²) >= 11 is 0. The first kappa shape index (κ1) is 14.8. The third-order valence-electron chi connectivity index (χ3n) is 5.28. The first-order valence-electron chi connectivity index (χ1n) is 8.34. The highest BCUT2D eigenvalue weighted by molar-refractivity contribution is 6.00. The molecular weight excluding hydrogens is 268 g/mol. The molecule has 1 N–H and O–H groups in total. The first-order chi connectivity index (χ1) is 10.1. The van der Waals surface area contributed by atoms with Gasteiger partial charge in [-0.05, 0) is 39.0 Å². The molecule has 5 heteroatoms. The second kappa shape index (κ2) is 5.59. The van der Waals surface area contributed by atoms with Crippen molar-refractivity contribution in [3.05, 3.63) is 0 Å². The Hall–Kier alpha value is -1.10. The summed E-state index contributed by atoms with van der Waals surface area (Å²) in [4.78, 5) is 27.2. The lowest BCUT2D eigenvalue weighted by Crippen LogP contribution is -2.70. The molecule has 1 aliphatic carbocycles. The number of piperazine rings is 1. The van der Waals surface area contributed by atoms with Crippen molar-refractivity contribution in [3.63, 3.8) is 0 Å². The minimum Gasteiger partial charge on any atom is -0.373 e. The Morgan fingerprint density at radius 2 is 2.00 bits per heavy atom. The van der Waals surface area contributed by atoms with E-state index in [1.807, 2.05) is 11.8 Å². The molecule has 3 aliphatic rings. The highest BCUT2D eigenvalue weighted by atomic mass is 16.5. The van der Waals surface area contributed by atoms with Crippen molar-refractivity contribution in [2.45, 2.75) is 82.6 Å². The lowest BCUT2D eigenvalue weighted by Gasteiger charge is -2.45. The van der Waals surface area contributed by atoms with Gasteiger partial charge in [0.05, 0.1) is 12.2 Å². The monoisotopic (exact) mass is 294 g/mol. The van der Waals surface area contributed by atoms with Gasteiger partial charge in [-0.2, -0.15) is 0 Å². The number of rotatable bonds is 3. The third kappa shape index (κ3) is 2.56. The molecule has 2 saturated heterocycles. The number of carbonyl (C=O) groups is 2. The number of amides is 2. The Balaban J connectivity index is 1.79. The fraction of sp³-hybridized carbons (Fsp3) is 0.875. The summed E-state index contributed by atoms with van der Waals surface area (Å²) < 4.78 is 5.87. The number of ether oxygens (including phenoxy) is 1. The van der Waals surface area contributed by atoms with Crippen LogP contribution < -0.4 is 5.32 Å². The summed E-state index contributed by atoms with van der Waals surface area (Å²) in [5.74, 6) is 0.139. The average Bonchev–Trinajstić information content (AvgIpc) is 3.06. The Kier molecular flexibility index (Phi) is 3.95. The average molecular weight is 294 g/mol. The fourth-order valence-corrected chi connectivity index (χ4v) is 4.10. The quantitative estimate of drug-likeness (QED) is 0.860. The van der Waals surface area contributed by atoms with Gasteiger partial charge >= 0.3 is 0 Å². The van der Waals surface area contributed by atoms with E-state index in [0.717, 1.165) is 38.5 Å². The van der Waals surface area contributed by atoms with E-state index in [-0.39, 0.29) is 30.1 Å². The molecule has 0 aromatic rings. The molecule has 0 aromatic carbocycles. The van der Waals surface area contributed by atoms with Gasteiger partial charge < -0.3 is 15.0 Å². The topological polar surface area (TPSA) is 58.6 Å². The van der Waals surface area contributed by atoms with E-state index >= 15 is 0 Å². The molecule has 0 aromatic heterocycles. The highest BCUT2D eigenvalue weighted by Gasteiger charge is 2.52. The van der Waals surface area contributed by atoms with Crippen LogP contribution >= 0.6 is 0 Å². The molecule has 3 rings (SSSR count). The number of nitrogens with one attached hydrogen (secondary N) is 1. The van der Waals surface area contributed by atoms with Gasteiger partial charge in [-0.15, -0.1) is 0 Å². The van der Waals surface area contributed by atoms with Crippen molar-refractivity contribution in [2.75, 3.05) is 6.54 Å². The smallest absolute Gasteiger partial charge is 0.249 e. The summed E-state index contributed by atoms with van der Waals surface area (Å²) in [6.07, 6.45) is 6.65. The van der Waals surface area contributed by atoms with Gasteiger partial charge in [0, 0.05) is 6.54 Å². The Bertz CT molecular complexity index is 431. The van der Waals surface area contributed by atoms with Crippen LogP contribution in [0, 0.1) is 0 Å². The fourth-order valence-electron chi connectivity index (χ4n) is 4.10. The summed E-state index contributed by atoms with van der Waals surface area (Å²) in [5, 5.41) is 3.04. The number of hydrogen-bond acceptors (Lipinski definition) is 3. The maximum atomic E-state index is 13.0. The molecule has 1 spiro atoms. The molecule has 0 radical (unpaired) electrons. The zero-order valence-corrected chi connectivity index (χ0v) is 13.1. The number of nitrogens with zero attached hydrogens (tertiary/aromatic N) is 1. The molecule has 5 nitrogen and oxygen atoms in total. The molecule has 2 aliphatic heterocycles. The van der Waals surface area contributed by atoms with E-state index in [1.54, 1.807) is 0 Å². The van der Waals surface area contributed by atoms with Crippen LogP contribution in [0.2, 0.25) is 0 Å². The van der Waals surface area contributed by atoms with E-state index in [2.05, 4.69) is 12.2 Å². The minimum absolute atomic E-state index is 0.0186. The van der Waals surface area contributed by atoms with Crippen LogP contribution in [0.15, 0.2) is 0 Å². The predicted molar refractivity (Wildman–Crippen MR) is 78.7 cm³/mol.